The summed E-state index contributed by atoms with van der Waals surface area (Å²) in [6, 6.07) is 14.2. The second kappa shape index (κ2) is 8.49. The molecule has 2 heterocycles. The minimum Gasteiger partial charge on any atom is -0.489 e. The minimum atomic E-state index is -0.375. The molecule has 0 aliphatic carbocycles. The smallest absolute Gasteiger partial charge is 0.336 e. The number of hydrogen-bond donors (Lipinski definition) is 1. The number of rotatable bonds is 6. The number of benzene rings is 2. The van der Waals surface area contributed by atoms with Crippen molar-refractivity contribution in [2.45, 2.75) is 32.5 Å². The zero-order chi connectivity index (χ0) is 20.2. The number of carbonyl (C=O) groups excluding carboxylic acids is 1. The Hall–Kier alpha value is -3.12. The summed E-state index contributed by atoms with van der Waals surface area (Å²) in [6.07, 6.45) is 2.17. The standard InChI is InChI=1S/C23H23NO5/c1-15-11-22(25)29-21-12-18(8-9-20(15)21)28-14-16-4-6-17(7-5-16)23(26)24-13-19-3-2-10-27-19/h4-9,11-12,19H,2-3,10,13-14H2,1H3,(H,24,26)/t19-/m1/s1. The largest absolute Gasteiger partial charge is 0.489 e. The number of aryl methyl sites for hydroxylation is 1. The number of carbonyl (C=O) groups is 1. The number of ether oxygens (including phenoxy) is 2. The summed E-state index contributed by atoms with van der Waals surface area (Å²) in [5.74, 6) is 0.512. The predicted molar refractivity (Wildman–Crippen MR) is 109 cm³/mol. The van der Waals surface area contributed by atoms with E-state index >= 15 is 0 Å². The summed E-state index contributed by atoms with van der Waals surface area (Å²) in [4.78, 5) is 23.8. The van der Waals surface area contributed by atoms with Gasteiger partial charge in [0, 0.05) is 36.2 Å². The lowest BCUT2D eigenvalue weighted by atomic mass is 10.1. The summed E-state index contributed by atoms with van der Waals surface area (Å²) in [7, 11) is 0. The van der Waals surface area contributed by atoms with Crippen LogP contribution in [0, 0.1) is 6.92 Å². The van der Waals surface area contributed by atoms with Crippen LogP contribution >= 0.6 is 0 Å². The lowest BCUT2D eigenvalue weighted by molar-refractivity contribution is 0.0857. The molecule has 0 unspecified atom stereocenters. The second-order valence-corrected chi connectivity index (χ2v) is 7.24. The van der Waals surface area contributed by atoms with Crippen LogP contribution in [0.15, 0.2) is 57.7 Å². The van der Waals surface area contributed by atoms with Crippen LogP contribution in [0.5, 0.6) is 5.75 Å². The average molecular weight is 393 g/mol. The molecule has 29 heavy (non-hydrogen) atoms. The van der Waals surface area contributed by atoms with Crippen LogP contribution in [0.2, 0.25) is 0 Å². The first-order valence-electron chi connectivity index (χ1n) is 9.74. The van der Waals surface area contributed by atoms with Gasteiger partial charge < -0.3 is 19.2 Å². The third kappa shape index (κ3) is 4.66. The first-order valence-corrected chi connectivity index (χ1v) is 9.74. The van der Waals surface area contributed by atoms with Crippen LogP contribution < -0.4 is 15.7 Å². The van der Waals surface area contributed by atoms with E-state index in [1.165, 1.54) is 6.07 Å². The Morgan fingerprint density at radius 1 is 1.17 bits per heavy atom. The Bertz CT molecular complexity index is 1060. The molecule has 1 aliphatic heterocycles. The van der Waals surface area contributed by atoms with Crippen molar-refractivity contribution >= 4 is 16.9 Å². The maximum absolute atomic E-state index is 12.2. The van der Waals surface area contributed by atoms with Crippen LogP contribution in [0.25, 0.3) is 11.0 Å². The number of amides is 1. The first kappa shape index (κ1) is 19.2. The van der Waals surface area contributed by atoms with E-state index in [2.05, 4.69) is 5.32 Å². The van der Waals surface area contributed by atoms with Gasteiger partial charge in [-0.1, -0.05) is 12.1 Å². The van der Waals surface area contributed by atoms with E-state index in [9.17, 15) is 9.59 Å². The highest BCUT2D eigenvalue weighted by atomic mass is 16.5. The average Bonchev–Trinajstić information content (AvgIpc) is 3.24. The van der Waals surface area contributed by atoms with Crippen molar-refractivity contribution in [3.8, 4) is 5.75 Å². The third-order valence-corrected chi connectivity index (χ3v) is 5.06. The van der Waals surface area contributed by atoms with Crippen LogP contribution in [0.4, 0.5) is 0 Å². The van der Waals surface area contributed by atoms with E-state index in [0.29, 0.717) is 30.0 Å². The summed E-state index contributed by atoms with van der Waals surface area (Å²) >= 11 is 0. The van der Waals surface area contributed by atoms with Gasteiger partial charge in [0.1, 0.15) is 17.9 Å². The first-order chi connectivity index (χ1) is 14.1. The molecule has 1 aliphatic rings. The maximum Gasteiger partial charge on any atom is 0.336 e. The number of hydrogen-bond acceptors (Lipinski definition) is 5. The monoisotopic (exact) mass is 393 g/mol. The molecule has 4 rings (SSSR count). The van der Waals surface area contributed by atoms with Crippen molar-refractivity contribution in [3.63, 3.8) is 0 Å². The highest BCUT2D eigenvalue weighted by Gasteiger charge is 2.16. The maximum atomic E-state index is 12.2. The lowest BCUT2D eigenvalue weighted by Gasteiger charge is -2.11. The minimum absolute atomic E-state index is 0.104. The van der Waals surface area contributed by atoms with Gasteiger partial charge >= 0.3 is 5.63 Å². The summed E-state index contributed by atoms with van der Waals surface area (Å²) in [6.45, 7) is 3.54. The molecule has 1 fully saturated rings. The Balaban J connectivity index is 1.35. The molecule has 1 amide bonds. The molecular weight excluding hydrogens is 370 g/mol. The highest BCUT2D eigenvalue weighted by Crippen LogP contribution is 2.23. The Morgan fingerprint density at radius 2 is 2.00 bits per heavy atom. The van der Waals surface area contributed by atoms with E-state index in [-0.39, 0.29) is 17.6 Å². The Labute approximate surface area is 168 Å². The van der Waals surface area contributed by atoms with Gasteiger partial charge in [0.15, 0.2) is 0 Å². The Kier molecular flexibility index (Phi) is 5.62. The summed E-state index contributed by atoms with van der Waals surface area (Å²) in [5, 5.41) is 3.80. The lowest BCUT2D eigenvalue weighted by Crippen LogP contribution is -2.31. The SMILES string of the molecule is Cc1cc(=O)oc2cc(OCc3ccc(C(=O)NC[C@H]4CCCO4)cc3)ccc12. The molecule has 0 radical (unpaired) electrons. The van der Waals surface area contributed by atoms with Crippen molar-refractivity contribution in [1.29, 1.82) is 0 Å². The zero-order valence-electron chi connectivity index (χ0n) is 16.3. The van der Waals surface area contributed by atoms with Gasteiger partial charge in [-0.15, -0.1) is 0 Å². The molecule has 0 saturated carbocycles. The molecule has 1 atom stereocenters. The van der Waals surface area contributed by atoms with E-state index in [1.54, 1.807) is 18.2 Å². The fraction of sp³-hybridized carbons (Fsp3) is 0.304. The van der Waals surface area contributed by atoms with Gasteiger partial charge in [0.2, 0.25) is 0 Å². The van der Waals surface area contributed by atoms with Crippen LogP contribution in [-0.2, 0) is 11.3 Å². The van der Waals surface area contributed by atoms with Crippen molar-refractivity contribution in [2.24, 2.45) is 0 Å². The van der Waals surface area contributed by atoms with Gasteiger partial charge in [-0.05, 0) is 55.2 Å². The molecule has 6 heteroatoms. The Morgan fingerprint density at radius 3 is 2.76 bits per heavy atom. The molecule has 150 valence electrons. The molecule has 1 saturated heterocycles. The molecule has 1 N–H and O–H groups in total. The van der Waals surface area contributed by atoms with Crippen molar-refractivity contribution in [1.82, 2.24) is 5.32 Å². The fourth-order valence-electron chi connectivity index (χ4n) is 3.43. The topological polar surface area (TPSA) is 77.8 Å². The second-order valence-electron chi connectivity index (χ2n) is 7.24. The van der Waals surface area contributed by atoms with E-state index in [4.69, 9.17) is 13.9 Å². The van der Waals surface area contributed by atoms with Crippen LogP contribution in [-0.4, -0.2) is 25.2 Å². The molecular formula is C23H23NO5. The molecule has 2 aromatic carbocycles. The zero-order valence-corrected chi connectivity index (χ0v) is 16.3. The number of fused-ring (bicyclic) bond motifs is 1. The van der Waals surface area contributed by atoms with Crippen molar-refractivity contribution in [3.05, 3.63) is 75.6 Å². The predicted octanol–water partition coefficient (Wildman–Crippen LogP) is 3.59. The quantitative estimate of drug-likeness (QED) is 0.648. The van der Waals surface area contributed by atoms with E-state index in [0.717, 1.165) is 36.0 Å². The molecule has 3 aromatic rings. The molecule has 0 spiro atoms. The summed E-state index contributed by atoms with van der Waals surface area (Å²) in [5.41, 5.74) is 2.55. The summed E-state index contributed by atoms with van der Waals surface area (Å²) < 4.78 is 16.6. The molecule has 6 nitrogen and oxygen atoms in total. The van der Waals surface area contributed by atoms with Gasteiger partial charge in [-0.25, -0.2) is 4.79 Å². The van der Waals surface area contributed by atoms with Gasteiger partial charge in [0.25, 0.3) is 5.91 Å². The van der Waals surface area contributed by atoms with E-state index in [1.807, 2.05) is 31.2 Å². The van der Waals surface area contributed by atoms with Crippen molar-refractivity contribution in [2.75, 3.05) is 13.2 Å². The molecule has 0 bridgehead atoms. The highest BCUT2D eigenvalue weighted by molar-refractivity contribution is 5.94. The third-order valence-electron chi connectivity index (χ3n) is 5.06. The molecule has 1 aromatic heterocycles. The van der Waals surface area contributed by atoms with Gasteiger partial charge in [-0.2, -0.15) is 0 Å². The fourth-order valence-corrected chi connectivity index (χ4v) is 3.43. The van der Waals surface area contributed by atoms with Gasteiger partial charge in [0.05, 0.1) is 6.10 Å². The normalized spacial score (nSPS) is 16.1. The van der Waals surface area contributed by atoms with Crippen molar-refractivity contribution < 1.29 is 18.7 Å². The van der Waals surface area contributed by atoms with Crippen LogP contribution in [0.3, 0.4) is 0 Å². The number of nitrogens with one attached hydrogen (secondary N) is 1. The van der Waals surface area contributed by atoms with E-state index < -0.39 is 0 Å². The van der Waals surface area contributed by atoms with Crippen LogP contribution in [0.1, 0.15) is 34.3 Å². The van der Waals surface area contributed by atoms with Gasteiger partial charge in [-0.3, -0.25) is 4.79 Å².